The molecule has 116 valence electrons. The highest BCUT2D eigenvalue weighted by Gasteiger charge is 2.22. The van der Waals surface area contributed by atoms with Gasteiger partial charge in [-0.1, -0.05) is 15.9 Å². The van der Waals surface area contributed by atoms with Crippen molar-refractivity contribution in [3.8, 4) is 0 Å². The number of carbonyl (C=O) groups excluding carboxylic acids is 1. The molecule has 0 atom stereocenters. The molecule has 0 radical (unpaired) electrons. The van der Waals surface area contributed by atoms with Gasteiger partial charge in [-0.15, -0.1) is 0 Å². The van der Waals surface area contributed by atoms with Gasteiger partial charge in [-0.3, -0.25) is 4.79 Å². The van der Waals surface area contributed by atoms with E-state index in [9.17, 15) is 18.0 Å². The molecule has 1 aliphatic rings. The molecule has 1 aromatic rings. The van der Waals surface area contributed by atoms with Gasteiger partial charge in [0.15, 0.2) is 17.5 Å². The lowest BCUT2D eigenvalue weighted by molar-refractivity contribution is 0.0760. The Morgan fingerprint density at radius 3 is 2.38 bits per heavy atom. The molecule has 1 amide bonds. The van der Waals surface area contributed by atoms with Crippen LogP contribution >= 0.6 is 15.9 Å². The first-order chi connectivity index (χ1) is 10.0. The van der Waals surface area contributed by atoms with E-state index in [2.05, 4.69) is 20.8 Å². The molecule has 21 heavy (non-hydrogen) atoms. The van der Waals surface area contributed by atoms with Gasteiger partial charge in [-0.2, -0.15) is 0 Å². The van der Waals surface area contributed by atoms with Gasteiger partial charge >= 0.3 is 0 Å². The minimum absolute atomic E-state index is 0.152. The first-order valence-electron chi connectivity index (χ1n) is 6.75. The number of hydrogen-bond acceptors (Lipinski definition) is 2. The standard InChI is InChI=1S/C14H16BrF3N2O/c15-2-5-19-3-1-4-20(7-6-19)14(21)10-8-11(16)13(18)12(17)9-10/h8-9H,1-7H2. The van der Waals surface area contributed by atoms with Gasteiger partial charge in [0.05, 0.1) is 0 Å². The summed E-state index contributed by atoms with van der Waals surface area (Å²) in [6, 6.07) is 1.50. The fraction of sp³-hybridized carbons (Fsp3) is 0.500. The van der Waals surface area contributed by atoms with Gasteiger partial charge in [0, 0.05) is 37.1 Å². The lowest BCUT2D eigenvalue weighted by Gasteiger charge is -2.21. The first-order valence-corrected chi connectivity index (χ1v) is 7.87. The Labute approximate surface area is 129 Å². The Morgan fingerprint density at radius 2 is 1.76 bits per heavy atom. The molecule has 1 aliphatic heterocycles. The minimum atomic E-state index is -1.55. The molecule has 0 aromatic heterocycles. The third kappa shape index (κ3) is 3.97. The van der Waals surface area contributed by atoms with E-state index in [4.69, 9.17) is 0 Å². The van der Waals surface area contributed by atoms with Gasteiger partial charge in [0.25, 0.3) is 5.91 Å². The number of hydrogen-bond donors (Lipinski definition) is 0. The topological polar surface area (TPSA) is 23.6 Å². The van der Waals surface area contributed by atoms with Crippen molar-refractivity contribution in [3.63, 3.8) is 0 Å². The SMILES string of the molecule is O=C(c1cc(F)c(F)c(F)c1)N1CCCN(CCBr)CC1. The van der Waals surface area contributed by atoms with E-state index in [0.29, 0.717) is 19.6 Å². The van der Waals surface area contributed by atoms with E-state index < -0.39 is 23.4 Å². The van der Waals surface area contributed by atoms with Crippen LogP contribution in [0.4, 0.5) is 13.2 Å². The van der Waals surface area contributed by atoms with Crippen molar-refractivity contribution in [2.75, 3.05) is 38.1 Å². The Morgan fingerprint density at radius 1 is 1.10 bits per heavy atom. The fourth-order valence-electron chi connectivity index (χ4n) is 2.38. The maximum atomic E-state index is 13.2. The van der Waals surface area contributed by atoms with Crippen molar-refractivity contribution >= 4 is 21.8 Å². The van der Waals surface area contributed by atoms with Crippen LogP contribution in [0, 0.1) is 17.5 Å². The first kappa shape index (κ1) is 16.3. The van der Waals surface area contributed by atoms with Crippen molar-refractivity contribution in [1.29, 1.82) is 0 Å². The predicted molar refractivity (Wildman–Crippen MR) is 77.1 cm³/mol. The van der Waals surface area contributed by atoms with E-state index in [0.717, 1.165) is 37.0 Å². The van der Waals surface area contributed by atoms with Crippen molar-refractivity contribution in [3.05, 3.63) is 35.1 Å². The Bertz CT molecular complexity index is 504. The van der Waals surface area contributed by atoms with E-state index in [-0.39, 0.29) is 5.56 Å². The molecule has 3 nitrogen and oxygen atoms in total. The van der Waals surface area contributed by atoms with Crippen LogP contribution in [-0.2, 0) is 0 Å². The summed E-state index contributed by atoms with van der Waals surface area (Å²) in [6.07, 6.45) is 0.797. The van der Waals surface area contributed by atoms with Crippen LogP contribution in [0.15, 0.2) is 12.1 Å². The van der Waals surface area contributed by atoms with Gasteiger partial charge in [0.1, 0.15) is 0 Å². The highest BCUT2D eigenvalue weighted by atomic mass is 79.9. The maximum absolute atomic E-state index is 13.2. The average molecular weight is 365 g/mol. The minimum Gasteiger partial charge on any atom is -0.337 e. The number of carbonyl (C=O) groups is 1. The highest BCUT2D eigenvalue weighted by Crippen LogP contribution is 2.16. The Balaban J connectivity index is 2.09. The molecule has 0 N–H and O–H groups in total. The quantitative estimate of drug-likeness (QED) is 0.608. The summed E-state index contributed by atoms with van der Waals surface area (Å²) in [5.74, 6) is -4.69. The maximum Gasteiger partial charge on any atom is 0.254 e. The van der Waals surface area contributed by atoms with Gasteiger partial charge < -0.3 is 9.80 Å². The zero-order valence-electron chi connectivity index (χ0n) is 11.4. The zero-order valence-corrected chi connectivity index (χ0v) is 13.0. The van der Waals surface area contributed by atoms with Crippen LogP contribution in [0.2, 0.25) is 0 Å². The smallest absolute Gasteiger partial charge is 0.254 e. The summed E-state index contributed by atoms with van der Waals surface area (Å²) in [7, 11) is 0. The number of rotatable bonds is 3. The van der Waals surface area contributed by atoms with Gasteiger partial charge in [-0.25, -0.2) is 13.2 Å². The third-order valence-corrected chi connectivity index (χ3v) is 3.86. The second-order valence-corrected chi connectivity index (χ2v) is 5.72. The molecule has 0 bridgehead atoms. The van der Waals surface area contributed by atoms with Gasteiger partial charge in [-0.05, 0) is 25.1 Å². The molecule has 0 saturated carbocycles. The number of alkyl halides is 1. The summed E-state index contributed by atoms with van der Waals surface area (Å²) in [6.45, 7) is 3.50. The summed E-state index contributed by atoms with van der Waals surface area (Å²) >= 11 is 3.37. The lowest BCUT2D eigenvalue weighted by Crippen LogP contribution is -2.35. The molecule has 0 spiro atoms. The average Bonchev–Trinajstić information content (AvgIpc) is 2.69. The largest absolute Gasteiger partial charge is 0.337 e. The number of benzene rings is 1. The van der Waals surface area contributed by atoms with Crippen LogP contribution in [-0.4, -0.2) is 53.8 Å². The van der Waals surface area contributed by atoms with Crippen molar-refractivity contribution in [2.45, 2.75) is 6.42 Å². The molecule has 1 saturated heterocycles. The van der Waals surface area contributed by atoms with E-state index in [1.807, 2.05) is 0 Å². The van der Waals surface area contributed by atoms with Crippen LogP contribution in [0.1, 0.15) is 16.8 Å². The molecule has 7 heteroatoms. The molecule has 1 fully saturated rings. The molecule has 2 rings (SSSR count). The molecular weight excluding hydrogens is 349 g/mol. The highest BCUT2D eigenvalue weighted by molar-refractivity contribution is 9.09. The molecular formula is C14H16BrF3N2O. The van der Waals surface area contributed by atoms with Crippen molar-refractivity contribution in [2.24, 2.45) is 0 Å². The summed E-state index contributed by atoms with van der Waals surface area (Å²) < 4.78 is 39.4. The normalized spacial score (nSPS) is 16.9. The monoisotopic (exact) mass is 364 g/mol. The van der Waals surface area contributed by atoms with Crippen molar-refractivity contribution in [1.82, 2.24) is 9.80 Å². The van der Waals surface area contributed by atoms with E-state index in [1.165, 1.54) is 0 Å². The molecule has 0 aliphatic carbocycles. The van der Waals surface area contributed by atoms with Gasteiger partial charge in [0.2, 0.25) is 0 Å². The molecule has 1 heterocycles. The van der Waals surface area contributed by atoms with Crippen molar-refractivity contribution < 1.29 is 18.0 Å². The summed E-state index contributed by atoms with van der Waals surface area (Å²) in [4.78, 5) is 16.0. The van der Waals surface area contributed by atoms with Crippen LogP contribution in [0.5, 0.6) is 0 Å². The predicted octanol–water partition coefficient (Wildman–Crippen LogP) is 2.65. The lowest BCUT2D eigenvalue weighted by atomic mass is 10.1. The number of nitrogens with zero attached hydrogens (tertiary/aromatic N) is 2. The fourth-order valence-corrected chi connectivity index (χ4v) is 2.88. The second kappa shape index (κ2) is 7.26. The number of halogens is 4. The van der Waals surface area contributed by atoms with E-state index >= 15 is 0 Å². The summed E-state index contributed by atoms with van der Waals surface area (Å²) in [5.41, 5.74) is -0.152. The summed E-state index contributed by atoms with van der Waals surface area (Å²) in [5, 5.41) is 0.856. The van der Waals surface area contributed by atoms with Crippen LogP contribution < -0.4 is 0 Å². The molecule has 0 unspecified atom stereocenters. The third-order valence-electron chi connectivity index (χ3n) is 3.51. The molecule has 1 aromatic carbocycles. The second-order valence-electron chi connectivity index (χ2n) is 4.93. The zero-order chi connectivity index (χ0) is 15.4. The number of amides is 1. The Kier molecular flexibility index (Phi) is 5.64. The Hall–Kier alpha value is -1.08. The van der Waals surface area contributed by atoms with Crippen LogP contribution in [0.3, 0.4) is 0 Å². The van der Waals surface area contributed by atoms with Crippen LogP contribution in [0.25, 0.3) is 0 Å². The van der Waals surface area contributed by atoms with E-state index in [1.54, 1.807) is 4.90 Å².